The van der Waals surface area contributed by atoms with E-state index < -0.39 is 27.7 Å². The van der Waals surface area contributed by atoms with E-state index in [1.54, 1.807) is 0 Å². The molecular weight excluding hydrogens is 254 g/mol. The highest BCUT2D eigenvalue weighted by Gasteiger charge is 2.44. The first-order chi connectivity index (χ1) is 7.50. The van der Waals surface area contributed by atoms with Crippen LogP contribution in [0, 0.1) is 0 Å². The van der Waals surface area contributed by atoms with Gasteiger partial charge in [0.15, 0.2) is 0 Å². The summed E-state index contributed by atoms with van der Waals surface area (Å²) >= 11 is 5.26. The summed E-state index contributed by atoms with van der Waals surface area (Å²) < 4.78 is 23.9. The van der Waals surface area contributed by atoms with Gasteiger partial charge in [-0.2, -0.15) is 4.31 Å². The van der Waals surface area contributed by atoms with Gasteiger partial charge in [-0.1, -0.05) is 12.1 Å². The Bertz CT molecular complexity index is 581. The molecule has 1 aliphatic rings. The lowest BCUT2D eigenvalue weighted by Gasteiger charge is -2.10. The number of fused-ring (bicyclic) bond motifs is 1. The van der Waals surface area contributed by atoms with Gasteiger partial charge in [0.05, 0.1) is 5.56 Å². The standard InChI is InChI=1S/C9H6ClNO4S/c10-5-8(12)11-9(13)6-3-1-2-4-7(6)16(11,14)15/h1-4H,5H2. The number of imide groups is 1. The lowest BCUT2D eigenvalue weighted by molar-refractivity contribution is -0.122. The van der Waals surface area contributed by atoms with Crippen LogP contribution in [0.5, 0.6) is 0 Å². The predicted molar refractivity (Wildman–Crippen MR) is 55.5 cm³/mol. The quantitative estimate of drug-likeness (QED) is 0.693. The van der Waals surface area contributed by atoms with Crippen LogP contribution >= 0.6 is 11.6 Å². The molecule has 0 atom stereocenters. The Hall–Kier alpha value is -1.40. The minimum Gasteiger partial charge on any atom is -0.272 e. The van der Waals surface area contributed by atoms with Crippen LogP contribution in [0.1, 0.15) is 10.4 Å². The largest absolute Gasteiger partial charge is 0.276 e. The molecule has 1 aliphatic heterocycles. The van der Waals surface area contributed by atoms with E-state index in [-0.39, 0.29) is 14.8 Å². The van der Waals surface area contributed by atoms with Crippen LogP contribution in [0.25, 0.3) is 0 Å². The van der Waals surface area contributed by atoms with E-state index in [1.165, 1.54) is 24.3 Å². The monoisotopic (exact) mass is 259 g/mol. The van der Waals surface area contributed by atoms with Crippen molar-refractivity contribution in [3.8, 4) is 0 Å². The maximum Gasteiger partial charge on any atom is 0.276 e. The molecule has 0 aromatic heterocycles. The molecule has 5 nitrogen and oxygen atoms in total. The Morgan fingerprint density at radius 3 is 2.50 bits per heavy atom. The van der Waals surface area contributed by atoms with Crippen molar-refractivity contribution in [2.24, 2.45) is 0 Å². The number of sulfonamides is 1. The number of amides is 2. The number of halogens is 1. The zero-order valence-corrected chi connectivity index (χ0v) is 9.46. The molecule has 16 heavy (non-hydrogen) atoms. The van der Waals surface area contributed by atoms with Gasteiger partial charge in [-0.3, -0.25) is 9.59 Å². The van der Waals surface area contributed by atoms with Gasteiger partial charge < -0.3 is 0 Å². The molecule has 0 N–H and O–H groups in total. The van der Waals surface area contributed by atoms with Crippen LogP contribution in [0.15, 0.2) is 29.2 Å². The molecule has 84 valence electrons. The average molecular weight is 260 g/mol. The van der Waals surface area contributed by atoms with Gasteiger partial charge in [0.25, 0.3) is 21.8 Å². The first-order valence-corrected chi connectivity index (χ1v) is 6.25. The van der Waals surface area contributed by atoms with Crippen molar-refractivity contribution in [1.29, 1.82) is 0 Å². The third-order valence-corrected chi connectivity index (χ3v) is 4.15. The van der Waals surface area contributed by atoms with Crippen molar-refractivity contribution in [3.63, 3.8) is 0 Å². The Morgan fingerprint density at radius 1 is 1.31 bits per heavy atom. The van der Waals surface area contributed by atoms with Gasteiger partial charge in [0.1, 0.15) is 10.8 Å². The van der Waals surface area contributed by atoms with E-state index in [4.69, 9.17) is 11.6 Å². The van der Waals surface area contributed by atoms with Gasteiger partial charge in [-0.25, -0.2) is 8.42 Å². The maximum atomic E-state index is 11.8. The molecule has 0 unspecified atom stereocenters. The topological polar surface area (TPSA) is 71.5 Å². The van der Waals surface area contributed by atoms with Crippen molar-refractivity contribution in [3.05, 3.63) is 29.8 Å². The number of carbonyl (C=O) groups is 2. The van der Waals surface area contributed by atoms with Gasteiger partial charge in [0, 0.05) is 0 Å². The Balaban J connectivity index is 2.67. The third-order valence-electron chi connectivity index (χ3n) is 2.16. The number of nitrogens with zero attached hydrogens (tertiary/aromatic N) is 1. The van der Waals surface area contributed by atoms with Gasteiger partial charge in [-0.05, 0) is 12.1 Å². The summed E-state index contributed by atoms with van der Waals surface area (Å²) in [5, 5.41) is 0. The molecule has 0 spiro atoms. The lowest BCUT2D eigenvalue weighted by Crippen LogP contribution is -2.37. The highest BCUT2D eigenvalue weighted by atomic mass is 35.5. The van der Waals surface area contributed by atoms with Gasteiger partial charge >= 0.3 is 0 Å². The van der Waals surface area contributed by atoms with Gasteiger partial charge in [-0.15, -0.1) is 11.6 Å². The third kappa shape index (κ3) is 1.34. The van der Waals surface area contributed by atoms with E-state index in [9.17, 15) is 18.0 Å². The molecule has 0 radical (unpaired) electrons. The van der Waals surface area contributed by atoms with E-state index in [2.05, 4.69) is 0 Å². The molecule has 0 saturated heterocycles. The molecule has 0 bridgehead atoms. The van der Waals surface area contributed by atoms with E-state index >= 15 is 0 Å². The van der Waals surface area contributed by atoms with Crippen molar-refractivity contribution < 1.29 is 18.0 Å². The molecule has 0 aliphatic carbocycles. The maximum absolute atomic E-state index is 11.8. The zero-order chi connectivity index (χ0) is 11.9. The molecule has 2 rings (SSSR count). The minimum absolute atomic E-state index is 0.000895. The van der Waals surface area contributed by atoms with Crippen molar-refractivity contribution in [2.75, 3.05) is 5.88 Å². The smallest absolute Gasteiger partial charge is 0.272 e. The zero-order valence-electron chi connectivity index (χ0n) is 7.88. The molecular formula is C9H6ClNO4S. The molecule has 0 saturated carbocycles. The molecule has 1 aromatic rings. The first-order valence-electron chi connectivity index (χ1n) is 4.27. The van der Waals surface area contributed by atoms with E-state index in [1.807, 2.05) is 0 Å². The number of alkyl halides is 1. The highest BCUT2D eigenvalue weighted by Crippen LogP contribution is 2.29. The van der Waals surface area contributed by atoms with Crippen LogP contribution in [-0.2, 0) is 14.8 Å². The summed E-state index contributed by atoms with van der Waals surface area (Å²) in [5.41, 5.74) is 0.000895. The summed E-state index contributed by atoms with van der Waals surface area (Å²) in [6, 6.07) is 5.65. The fraction of sp³-hybridized carbons (Fsp3) is 0.111. The molecule has 1 heterocycles. The predicted octanol–water partition coefficient (Wildman–Crippen LogP) is 0.597. The highest BCUT2D eigenvalue weighted by molar-refractivity contribution is 7.90. The molecule has 1 aromatic carbocycles. The summed E-state index contributed by atoms with van der Waals surface area (Å²) in [4.78, 5) is 22.8. The van der Waals surface area contributed by atoms with Gasteiger partial charge in [0.2, 0.25) is 0 Å². The van der Waals surface area contributed by atoms with Crippen molar-refractivity contribution in [1.82, 2.24) is 4.31 Å². The second-order valence-electron chi connectivity index (χ2n) is 3.10. The van der Waals surface area contributed by atoms with E-state index in [0.717, 1.165) is 0 Å². The van der Waals surface area contributed by atoms with Crippen LogP contribution in [0.4, 0.5) is 0 Å². The second kappa shape index (κ2) is 3.57. The minimum atomic E-state index is -4.06. The number of benzene rings is 1. The average Bonchev–Trinajstić information content (AvgIpc) is 2.47. The number of carbonyl (C=O) groups excluding carboxylic acids is 2. The molecule has 7 heteroatoms. The lowest BCUT2D eigenvalue weighted by atomic mass is 10.2. The summed E-state index contributed by atoms with van der Waals surface area (Å²) in [7, 11) is -4.06. The Kier molecular flexibility index (Phi) is 2.47. The number of hydrogen-bond acceptors (Lipinski definition) is 4. The van der Waals surface area contributed by atoms with Crippen LogP contribution in [-0.4, -0.2) is 30.4 Å². The number of rotatable bonds is 1. The van der Waals surface area contributed by atoms with Crippen molar-refractivity contribution in [2.45, 2.75) is 4.90 Å². The number of hydrogen-bond donors (Lipinski definition) is 0. The Morgan fingerprint density at radius 2 is 1.94 bits per heavy atom. The fourth-order valence-corrected chi connectivity index (χ4v) is 3.21. The van der Waals surface area contributed by atoms with Crippen molar-refractivity contribution >= 4 is 33.4 Å². The first kappa shape index (κ1) is 11.1. The van der Waals surface area contributed by atoms with Crippen LogP contribution in [0.2, 0.25) is 0 Å². The second-order valence-corrected chi connectivity index (χ2v) is 5.12. The normalized spacial score (nSPS) is 17.3. The SMILES string of the molecule is O=C(CCl)N1C(=O)c2ccccc2S1(=O)=O. The van der Waals surface area contributed by atoms with Crippen LogP contribution < -0.4 is 0 Å². The van der Waals surface area contributed by atoms with E-state index in [0.29, 0.717) is 0 Å². The van der Waals surface area contributed by atoms with Crippen LogP contribution in [0.3, 0.4) is 0 Å². The fourth-order valence-electron chi connectivity index (χ4n) is 1.49. The molecule has 0 fully saturated rings. The Labute approximate surface area is 96.7 Å². The summed E-state index contributed by atoms with van der Waals surface area (Å²) in [6.07, 6.45) is 0. The summed E-state index contributed by atoms with van der Waals surface area (Å²) in [6.45, 7) is 0. The summed E-state index contributed by atoms with van der Waals surface area (Å²) in [5.74, 6) is -2.34. The molecule has 2 amide bonds.